The maximum atomic E-state index is 6.21. The van der Waals surface area contributed by atoms with Crippen LogP contribution in [-0.4, -0.2) is 19.8 Å². The highest BCUT2D eigenvalue weighted by atomic mass is 16.5. The van der Waals surface area contributed by atoms with Crippen molar-refractivity contribution in [3.63, 3.8) is 0 Å². The number of allylic oxidation sites excluding steroid dienone is 10. The van der Waals surface area contributed by atoms with Gasteiger partial charge in [-0.2, -0.15) is 0 Å². The zero-order valence-electron chi connectivity index (χ0n) is 20.7. The minimum atomic E-state index is -0.109. The van der Waals surface area contributed by atoms with E-state index in [0.717, 1.165) is 48.5 Å². The summed E-state index contributed by atoms with van der Waals surface area (Å²) in [4.78, 5) is 0. The number of hydrogen-bond acceptors (Lipinski definition) is 3. The van der Waals surface area contributed by atoms with E-state index in [2.05, 4.69) is 73.9 Å². The quantitative estimate of drug-likeness (QED) is 0.262. The highest BCUT2D eigenvalue weighted by Gasteiger charge is 2.23. The van der Waals surface area contributed by atoms with E-state index in [0.29, 0.717) is 19.8 Å². The fourth-order valence-electron chi connectivity index (χ4n) is 3.68. The third kappa shape index (κ3) is 8.61. The van der Waals surface area contributed by atoms with Crippen molar-refractivity contribution < 1.29 is 14.2 Å². The van der Waals surface area contributed by atoms with Gasteiger partial charge >= 0.3 is 0 Å². The van der Waals surface area contributed by atoms with Gasteiger partial charge in [-0.1, -0.05) is 67.7 Å². The molecule has 3 nitrogen and oxygen atoms in total. The van der Waals surface area contributed by atoms with E-state index < -0.39 is 0 Å². The predicted octanol–water partition coefficient (Wildman–Crippen LogP) is 7.72. The Labute approximate surface area is 204 Å². The van der Waals surface area contributed by atoms with Crippen molar-refractivity contribution in [2.45, 2.75) is 46.5 Å². The highest BCUT2D eigenvalue weighted by molar-refractivity contribution is 5.30. The molecule has 0 spiro atoms. The van der Waals surface area contributed by atoms with Crippen LogP contribution in [0.15, 0.2) is 119 Å². The van der Waals surface area contributed by atoms with Gasteiger partial charge in [-0.25, -0.2) is 0 Å². The Morgan fingerprint density at radius 3 is 2.71 bits per heavy atom. The van der Waals surface area contributed by atoms with E-state index in [1.165, 1.54) is 5.57 Å². The molecule has 0 aromatic rings. The summed E-state index contributed by atoms with van der Waals surface area (Å²) < 4.78 is 17.9. The van der Waals surface area contributed by atoms with Crippen molar-refractivity contribution in [3.8, 4) is 0 Å². The van der Waals surface area contributed by atoms with Crippen molar-refractivity contribution in [1.29, 1.82) is 0 Å². The van der Waals surface area contributed by atoms with E-state index in [-0.39, 0.29) is 5.41 Å². The highest BCUT2D eigenvalue weighted by Crippen LogP contribution is 2.31. The third-order valence-electron chi connectivity index (χ3n) is 5.59. The molecule has 0 N–H and O–H groups in total. The molecule has 0 radical (unpaired) electrons. The molecule has 0 saturated heterocycles. The van der Waals surface area contributed by atoms with Crippen molar-refractivity contribution in [2.75, 3.05) is 19.8 Å². The number of ether oxygens (including phenoxy) is 3. The lowest BCUT2D eigenvalue weighted by Gasteiger charge is -2.27. The van der Waals surface area contributed by atoms with Gasteiger partial charge < -0.3 is 14.2 Å². The fourth-order valence-corrected chi connectivity index (χ4v) is 3.68. The SMILES string of the molecule is CCOC1=C=C/C=C(/C(C)(C)COCC2=C=C/C=C\C/C(OC3=CC/C=C\C/C=C\3)=C\2)C/C=C\1. The van der Waals surface area contributed by atoms with Crippen LogP contribution in [0.5, 0.6) is 0 Å². The lowest BCUT2D eigenvalue weighted by molar-refractivity contribution is 0.0951. The molecule has 0 aliphatic heterocycles. The summed E-state index contributed by atoms with van der Waals surface area (Å²) in [6, 6.07) is 0. The molecule has 3 rings (SSSR count). The summed E-state index contributed by atoms with van der Waals surface area (Å²) >= 11 is 0. The molecule has 3 aliphatic carbocycles. The van der Waals surface area contributed by atoms with E-state index in [4.69, 9.17) is 14.2 Å². The van der Waals surface area contributed by atoms with Crippen LogP contribution < -0.4 is 0 Å². The first-order valence-corrected chi connectivity index (χ1v) is 12.1. The van der Waals surface area contributed by atoms with Crippen molar-refractivity contribution >= 4 is 0 Å². The van der Waals surface area contributed by atoms with E-state index >= 15 is 0 Å². The summed E-state index contributed by atoms with van der Waals surface area (Å²) in [7, 11) is 0. The Morgan fingerprint density at radius 1 is 0.941 bits per heavy atom. The molecule has 0 aromatic carbocycles. The molecular formula is C31H36O3. The Bertz CT molecular complexity index is 1050. The molecular weight excluding hydrogens is 420 g/mol. The first-order chi connectivity index (χ1) is 16.6. The van der Waals surface area contributed by atoms with Gasteiger partial charge in [-0.15, -0.1) is 5.73 Å². The van der Waals surface area contributed by atoms with Gasteiger partial charge in [0.15, 0.2) is 5.76 Å². The van der Waals surface area contributed by atoms with Crippen LogP contribution in [0.2, 0.25) is 0 Å². The van der Waals surface area contributed by atoms with Crippen LogP contribution in [-0.2, 0) is 14.2 Å². The summed E-state index contributed by atoms with van der Waals surface area (Å²) in [5.74, 6) is 2.55. The third-order valence-corrected chi connectivity index (χ3v) is 5.59. The fraction of sp³-hybridized carbons (Fsp3) is 0.355. The molecule has 34 heavy (non-hydrogen) atoms. The molecule has 0 aromatic heterocycles. The van der Waals surface area contributed by atoms with Crippen LogP contribution in [0.4, 0.5) is 0 Å². The normalized spacial score (nSPS) is 25.1. The number of rotatable bonds is 9. The first-order valence-electron chi connectivity index (χ1n) is 12.1. The molecule has 0 fully saturated rings. The maximum absolute atomic E-state index is 6.21. The molecule has 178 valence electrons. The second kappa shape index (κ2) is 13.5. The van der Waals surface area contributed by atoms with Gasteiger partial charge in [0.2, 0.25) is 0 Å². The molecule has 3 heteroatoms. The topological polar surface area (TPSA) is 27.7 Å². The van der Waals surface area contributed by atoms with Gasteiger partial charge in [0.1, 0.15) is 11.5 Å². The Hall–Kier alpha value is -3.22. The van der Waals surface area contributed by atoms with Crippen molar-refractivity contribution in [3.05, 3.63) is 119 Å². The van der Waals surface area contributed by atoms with Crippen molar-refractivity contribution in [1.82, 2.24) is 0 Å². The van der Waals surface area contributed by atoms with Crippen LogP contribution in [0.3, 0.4) is 0 Å². The molecule has 0 saturated carbocycles. The van der Waals surface area contributed by atoms with Gasteiger partial charge in [-0.05, 0) is 62.6 Å². The van der Waals surface area contributed by atoms with Crippen LogP contribution in [0, 0.1) is 5.41 Å². The van der Waals surface area contributed by atoms with E-state index in [1.807, 2.05) is 37.3 Å². The van der Waals surface area contributed by atoms with Gasteiger partial charge in [0, 0.05) is 17.4 Å². The zero-order chi connectivity index (χ0) is 24.1. The van der Waals surface area contributed by atoms with Crippen LogP contribution >= 0.6 is 0 Å². The Morgan fingerprint density at radius 2 is 1.82 bits per heavy atom. The summed E-state index contributed by atoms with van der Waals surface area (Å²) in [6.07, 6.45) is 30.3. The largest absolute Gasteiger partial charge is 0.486 e. The lowest BCUT2D eigenvalue weighted by Crippen LogP contribution is -2.22. The second-order valence-corrected chi connectivity index (χ2v) is 8.92. The average Bonchev–Trinajstić information content (AvgIpc) is 2.74. The molecule has 3 aliphatic rings. The molecule has 0 bridgehead atoms. The average molecular weight is 457 g/mol. The lowest BCUT2D eigenvalue weighted by atomic mass is 9.82. The van der Waals surface area contributed by atoms with Gasteiger partial charge in [0.25, 0.3) is 0 Å². The predicted molar refractivity (Wildman–Crippen MR) is 140 cm³/mol. The molecule has 0 amide bonds. The van der Waals surface area contributed by atoms with Gasteiger partial charge in [-0.3, -0.25) is 0 Å². The minimum Gasteiger partial charge on any atom is -0.486 e. The maximum Gasteiger partial charge on any atom is 0.161 e. The monoisotopic (exact) mass is 456 g/mol. The number of hydrogen-bond donors (Lipinski definition) is 0. The van der Waals surface area contributed by atoms with E-state index in [1.54, 1.807) is 0 Å². The van der Waals surface area contributed by atoms with Crippen molar-refractivity contribution in [2.24, 2.45) is 5.41 Å². The summed E-state index contributed by atoms with van der Waals surface area (Å²) in [5.41, 5.74) is 8.69. The zero-order valence-corrected chi connectivity index (χ0v) is 20.7. The Kier molecular flexibility index (Phi) is 10.1. The minimum absolute atomic E-state index is 0.109. The van der Waals surface area contributed by atoms with Crippen LogP contribution in [0.25, 0.3) is 0 Å². The smallest absolute Gasteiger partial charge is 0.161 e. The standard InChI is InChI=1S/C31H36O3/c1-4-33-28-21-13-16-27(17-14-22-28)31(2,3)25-32-24-26-15-9-8-12-20-30(23-26)34-29-18-10-6-5-7-11-19-29/h5-6,8-9,11-14,16,18-19,22-23H,4,7,10,17,20,24-25H2,1-3H3/b6-5-,12-8-,19-11-,22-14-,27-16+,29-18?,30-23+. The summed E-state index contributed by atoms with van der Waals surface area (Å²) in [6.45, 7) is 8.14. The Balaban J connectivity index is 1.63. The molecule has 0 atom stereocenters. The molecule has 0 heterocycles. The van der Waals surface area contributed by atoms with Gasteiger partial charge in [0.05, 0.1) is 19.8 Å². The molecule has 0 unspecified atom stereocenters. The second-order valence-electron chi connectivity index (χ2n) is 8.92. The first kappa shape index (κ1) is 25.4. The van der Waals surface area contributed by atoms with E-state index in [9.17, 15) is 0 Å². The summed E-state index contributed by atoms with van der Waals surface area (Å²) in [5, 5.41) is 0. The van der Waals surface area contributed by atoms with Crippen LogP contribution in [0.1, 0.15) is 46.5 Å².